The number of hydrogen-bond acceptors (Lipinski definition) is 5. The summed E-state index contributed by atoms with van der Waals surface area (Å²) in [5, 5.41) is 8.88. The van der Waals surface area contributed by atoms with Crippen LogP contribution in [0.3, 0.4) is 0 Å². The first-order chi connectivity index (χ1) is 14.1. The Labute approximate surface area is 167 Å². The molecule has 3 aromatic rings. The zero-order valence-electron chi connectivity index (χ0n) is 16.1. The average molecular weight is 389 g/mol. The Balaban J connectivity index is 1.52. The number of nitrogens with zero attached hydrogens (tertiary/aromatic N) is 4. The predicted octanol–water partition coefficient (Wildman–Crippen LogP) is 3.18. The molecule has 1 aliphatic rings. The Morgan fingerprint density at radius 1 is 1.28 bits per heavy atom. The summed E-state index contributed by atoms with van der Waals surface area (Å²) in [6.07, 6.45) is 6.57. The third-order valence-corrected chi connectivity index (χ3v) is 5.25. The van der Waals surface area contributed by atoms with E-state index in [0.717, 1.165) is 24.2 Å². The smallest absolute Gasteiger partial charge is 0.251 e. The van der Waals surface area contributed by atoms with Gasteiger partial charge in [0.15, 0.2) is 5.82 Å². The number of aromatic amines is 1. The fourth-order valence-electron chi connectivity index (χ4n) is 3.55. The van der Waals surface area contributed by atoms with Crippen molar-refractivity contribution in [3.05, 3.63) is 75.2 Å². The molecule has 0 atom stereocenters. The molecule has 0 unspecified atom stereocenters. The van der Waals surface area contributed by atoms with Crippen LogP contribution in [0.25, 0.3) is 16.6 Å². The second-order valence-electron chi connectivity index (χ2n) is 7.09. The van der Waals surface area contributed by atoms with Gasteiger partial charge in [0.1, 0.15) is 11.6 Å². The number of hydrogen-bond donors (Lipinski definition) is 1. The lowest BCUT2D eigenvalue weighted by Gasteiger charge is -2.26. The van der Waals surface area contributed by atoms with Crippen LogP contribution in [-0.4, -0.2) is 32.9 Å². The van der Waals surface area contributed by atoms with Gasteiger partial charge in [0.25, 0.3) is 5.56 Å². The van der Waals surface area contributed by atoms with Gasteiger partial charge in [-0.25, -0.2) is 4.39 Å². The van der Waals surface area contributed by atoms with Crippen LogP contribution >= 0.6 is 0 Å². The number of nitriles is 1. The molecule has 0 fully saturated rings. The highest BCUT2D eigenvalue weighted by atomic mass is 19.1. The summed E-state index contributed by atoms with van der Waals surface area (Å²) in [5.41, 5.74) is 3.96. The van der Waals surface area contributed by atoms with E-state index in [-0.39, 0.29) is 11.1 Å². The Morgan fingerprint density at radius 3 is 2.79 bits per heavy atom. The first kappa shape index (κ1) is 19.0. The first-order valence-corrected chi connectivity index (χ1v) is 9.56. The lowest BCUT2D eigenvalue weighted by molar-refractivity contribution is 0.289. The van der Waals surface area contributed by atoms with Crippen molar-refractivity contribution in [2.45, 2.75) is 26.3 Å². The van der Waals surface area contributed by atoms with Crippen molar-refractivity contribution >= 4 is 16.6 Å². The molecule has 4 rings (SSSR count). The first-order valence-electron chi connectivity index (χ1n) is 9.56. The number of rotatable bonds is 4. The number of pyridine rings is 3. The number of H-pyrrole nitrogens is 1. The van der Waals surface area contributed by atoms with Crippen LogP contribution < -0.4 is 5.56 Å². The standard InChI is InChI=1S/C22H20FN5O/c1-2-15-9-19-21(27-22(15)29)20(23)17(12-26-19)13-28-7-5-16(6-8-28)18-4-3-14(10-24)11-25-18/h3-5,9,11-12H,2,6-8,13H2,1H3,(H,27,29). The molecule has 146 valence electrons. The van der Waals surface area contributed by atoms with Gasteiger partial charge >= 0.3 is 0 Å². The summed E-state index contributed by atoms with van der Waals surface area (Å²) in [7, 11) is 0. The second-order valence-corrected chi connectivity index (χ2v) is 7.09. The molecule has 0 radical (unpaired) electrons. The zero-order valence-corrected chi connectivity index (χ0v) is 16.1. The van der Waals surface area contributed by atoms with E-state index in [4.69, 9.17) is 5.26 Å². The maximum atomic E-state index is 15.0. The van der Waals surface area contributed by atoms with E-state index in [0.29, 0.717) is 41.7 Å². The van der Waals surface area contributed by atoms with Crippen molar-refractivity contribution in [3.63, 3.8) is 0 Å². The van der Waals surface area contributed by atoms with Crippen LogP contribution in [0.1, 0.15) is 35.7 Å². The third-order valence-electron chi connectivity index (χ3n) is 5.25. The van der Waals surface area contributed by atoms with Gasteiger partial charge in [-0.1, -0.05) is 13.0 Å². The van der Waals surface area contributed by atoms with E-state index < -0.39 is 5.82 Å². The quantitative estimate of drug-likeness (QED) is 0.741. The van der Waals surface area contributed by atoms with Crippen molar-refractivity contribution in [1.82, 2.24) is 19.9 Å². The molecule has 0 saturated heterocycles. The SMILES string of the molecule is CCc1cc2ncc(CN3CC=C(c4ccc(C#N)cn4)CC3)c(F)c2[nH]c1=O. The molecular formula is C22H20FN5O. The minimum Gasteiger partial charge on any atom is -0.318 e. The highest BCUT2D eigenvalue weighted by Gasteiger charge is 2.18. The maximum Gasteiger partial charge on any atom is 0.251 e. The normalized spacial score (nSPS) is 14.6. The van der Waals surface area contributed by atoms with Gasteiger partial charge in [-0.05, 0) is 36.6 Å². The van der Waals surface area contributed by atoms with Gasteiger partial charge < -0.3 is 4.98 Å². The molecule has 1 N–H and O–H groups in total. The van der Waals surface area contributed by atoms with Gasteiger partial charge in [-0.2, -0.15) is 5.26 Å². The summed E-state index contributed by atoms with van der Waals surface area (Å²) >= 11 is 0. The van der Waals surface area contributed by atoms with Crippen molar-refractivity contribution in [3.8, 4) is 6.07 Å². The fraction of sp³-hybridized carbons (Fsp3) is 0.273. The molecule has 0 saturated carbocycles. The van der Waals surface area contributed by atoms with E-state index in [1.54, 1.807) is 24.5 Å². The third kappa shape index (κ3) is 3.80. The number of aromatic nitrogens is 3. The number of nitrogens with one attached hydrogen (secondary N) is 1. The van der Waals surface area contributed by atoms with Gasteiger partial charge in [0, 0.05) is 43.2 Å². The molecule has 29 heavy (non-hydrogen) atoms. The predicted molar refractivity (Wildman–Crippen MR) is 109 cm³/mol. The average Bonchev–Trinajstić information content (AvgIpc) is 2.76. The molecule has 1 aliphatic heterocycles. The maximum absolute atomic E-state index is 15.0. The minimum atomic E-state index is -0.418. The van der Waals surface area contributed by atoms with E-state index in [9.17, 15) is 9.18 Å². The van der Waals surface area contributed by atoms with Gasteiger partial charge in [0.05, 0.1) is 16.8 Å². The highest BCUT2D eigenvalue weighted by molar-refractivity contribution is 5.75. The van der Waals surface area contributed by atoms with Crippen molar-refractivity contribution in [1.29, 1.82) is 5.26 Å². The summed E-state index contributed by atoms with van der Waals surface area (Å²) in [4.78, 5) is 25.5. The largest absolute Gasteiger partial charge is 0.318 e. The molecule has 0 spiro atoms. The minimum absolute atomic E-state index is 0.166. The molecule has 0 amide bonds. The lowest BCUT2D eigenvalue weighted by Crippen LogP contribution is -2.28. The van der Waals surface area contributed by atoms with Gasteiger partial charge in [-0.15, -0.1) is 0 Å². The van der Waals surface area contributed by atoms with Crippen LogP contribution in [-0.2, 0) is 13.0 Å². The van der Waals surface area contributed by atoms with Crippen LogP contribution in [0.4, 0.5) is 4.39 Å². The monoisotopic (exact) mass is 389 g/mol. The number of aryl methyl sites for hydroxylation is 1. The van der Waals surface area contributed by atoms with E-state index in [1.165, 1.54) is 0 Å². The summed E-state index contributed by atoms with van der Waals surface area (Å²) < 4.78 is 15.0. The molecule has 7 heteroatoms. The van der Waals surface area contributed by atoms with Crippen LogP contribution in [0.5, 0.6) is 0 Å². The van der Waals surface area contributed by atoms with Crippen molar-refractivity contribution in [2.24, 2.45) is 0 Å². The van der Waals surface area contributed by atoms with E-state index in [1.807, 2.05) is 13.0 Å². The van der Waals surface area contributed by atoms with Gasteiger partial charge in [-0.3, -0.25) is 19.7 Å². The molecule has 6 nitrogen and oxygen atoms in total. The number of halogens is 1. The van der Waals surface area contributed by atoms with Crippen LogP contribution in [0, 0.1) is 17.1 Å². The van der Waals surface area contributed by atoms with Gasteiger partial charge in [0.2, 0.25) is 0 Å². The summed E-state index contributed by atoms with van der Waals surface area (Å²) in [6.45, 7) is 3.72. The van der Waals surface area contributed by atoms with Crippen molar-refractivity contribution < 1.29 is 4.39 Å². The van der Waals surface area contributed by atoms with Crippen LogP contribution in [0.15, 0.2) is 41.5 Å². The summed E-state index contributed by atoms with van der Waals surface area (Å²) in [5.74, 6) is -0.418. The van der Waals surface area contributed by atoms with Crippen molar-refractivity contribution in [2.75, 3.05) is 13.1 Å². The molecule has 4 heterocycles. The molecule has 0 aromatic carbocycles. The zero-order chi connectivity index (χ0) is 20.4. The highest BCUT2D eigenvalue weighted by Crippen LogP contribution is 2.23. The fourth-order valence-corrected chi connectivity index (χ4v) is 3.55. The molecule has 0 bridgehead atoms. The van der Waals surface area contributed by atoms with E-state index >= 15 is 0 Å². The second kappa shape index (κ2) is 7.94. The Bertz CT molecular complexity index is 1190. The molecule has 3 aromatic heterocycles. The Morgan fingerprint density at radius 2 is 2.14 bits per heavy atom. The molecular weight excluding hydrogens is 369 g/mol. The van der Waals surface area contributed by atoms with E-state index in [2.05, 4.69) is 32.0 Å². The Kier molecular flexibility index (Phi) is 5.19. The Hall–Kier alpha value is -3.37. The topological polar surface area (TPSA) is 85.7 Å². The molecule has 0 aliphatic carbocycles. The van der Waals surface area contributed by atoms with Crippen LogP contribution in [0.2, 0.25) is 0 Å². The number of fused-ring (bicyclic) bond motifs is 1. The summed E-state index contributed by atoms with van der Waals surface area (Å²) in [6, 6.07) is 7.34. The lowest BCUT2D eigenvalue weighted by atomic mass is 10.0.